The Balaban J connectivity index is 2.57. The van der Waals surface area contributed by atoms with E-state index in [-0.39, 0.29) is 5.54 Å². The van der Waals surface area contributed by atoms with E-state index in [1.165, 1.54) is 25.0 Å². The molecular weight excluding hydrogens is 196 g/mol. The van der Waals surface area contributed by atoms with Crippen LogP contribution in [0.15, 0.2) is 11.6 Å². The number of rotatable bonds is 4. The number of hydrogen-bond donors (Lipinski definition) is 1. The zero-order valence-corrected chi connectivity index (χ0v) is 11.6. The topological polar surface area (TPSA) is 15.3 Å². The van der Waals surface area contributed by atoms with Gasteiger partial charge in [0.2, 0.25) is 0 Å². The third kappa shape index (κ3) is 3.91. The molecule has 0 saturated carbocycles. The molecule has 1 aliphatic rings. The van der Waals surface area contributed by atoms with Crippen molar-refractivity contribution in [3.63, 3.8) is 0 Å². The van der Waals surface area contributed by atoms with E-state index in [9.17, 15) is 0 Å². The zero-order chi connectivity index (χ0) is 12.2. The van der Waals surface area contributed by atoms with Crippen LogP contribution < -0.4 is 5.32 Å². The maximum absolute atomic E-state index is 3.67. The van der Waals surface area contributed by atoms with Crippen LogP contribution in [0.4, 0.5) is 0 Å². The Kier molecular flexibility index (Phi) is 5.00. The number of nitrogens with one attached hydrogen (secondary N) is 1. The summed E-state index contributed by atoms with van der Waals surface area (Å²) in [5, 5.41) is 3.67. The monoisotopic (exact) mass is 224 g/mol. The largest absolute Gasteiger partial charge is 0.311 e. The number of nitrogens with zero attached hydrogens (tertiary/aromatic N) is 1. The van der Waals surface area contributed by atoms with Gasteiger partial charge in [0.15, 0.2) is 0 Å². The SMILES string of the molecule is CCCC1CN(CC=C(C)C)C(C)(C)CN1. The highest BCUT2D eigenvalue weighted by molar-refractivity contribution is 5.00. The first kappa shape index (κ1) is 13.7. The number of piperazine rings is 1. The molecule has 1 saturated heterocycles. The molecule has 16 heavy (non-hydrogen) atoms. The molecule has 0 bridgehead atoms. The average Bonchev–Trinajstić information content (AvgIpc) is 2.19. The van der Waals surface area contributed by atoms with E-state index in [1.807, 2.05) is 0 Å². The standard InChI is InChI=1S/C14H28N2/c1-6-7-13-10-16(9-8-12(2)3)14(4,5)11-15-13/h8,13,15H,6-7,9-11H2,1-5H3. The summed E-state index contributed by atoms with van der Waals surface area (Å²) in [6.07, 6.45) is 4.91. The van der Waals surface area contributed by atoms with Crippen LogP contribution in [0.3, 0.4) is 0 Å². The Labute approximate surface area is 101 Å². The summed E-state index contributed by atoms with van der Waals surface area (Å²) in [6, 6.07) is 0.684. The first-order valence-electron chi connectivity index (χ1n) is 6.57. The first-order valence-corrected chi connectivity index (χ1v) is 6.57. The molecule has 1 aliphatic heterocycles. The van der Waals surface area contributed by atoms with E-state index in [0.29, 0.717) is 6.04 Å². The predicted molar refractivity (Wildman–Crippen MR) is 71.8 cm³/mol. The summed E-state index contributed by atoms with van der Waals surface area (Å²) in [7, 11) is 0. The molecule has 2 nitrogen and oxygen atoms in total. The fourth-order valence-electron chi connectivity index (χ4n) is 2.24. The van der Waals surface area contributed by atoms with Gasteiger partial charge in [-0.05, 0) is 34.1 Å². The van der Waals surface area contributed by atoms with Crippen molar-refractivity contribution in [1.82, 2.24) is 10.2 Å². The van der Waals surface area contributed by atoms with E-state index in [4.69, 9.17) is 0 Å². The Bertz CT molecular complexity index is 239. The Morgan fingerprint density at radius 1 is 1.44 bits per heavy atom. The van der Waals surface area contributed by atoms with Crippen molar-refractivity contribution in [2.24, 2.45) is 0 Å². The lowest BCUT2D eigenvalue weighted by Crippen LogP contribution is -2.61. The van der Waals surface area contributed by atoms with E-state index in [2.05, 4.69) is 50.9 Å². The van der Waals surface area contributed by atoms with Gasteiger partial charge in [-0.3, -0.25) is 4.90 Å². The summed E-state index contributed by atoms with van der Waals surface area (Å²) in [5.74, 6) is 0. The lowest BCUT2D eigenvalue weighted by Gasteiger charge is -2.46. The quantitative estimate of drug-likeness (QED) is 0.739. The van der Waals surface area contributed by atoms with E-state index >= 15 is 0 Å². The number of hydrogen-bond acceptors (Lipinski definition) is 2. The highest BCUT2D eigenvalue weighted by Gasteiger charge is 2.32. The maximum Gasteiger partial charge on any atom is 0.0281 e. The van der Waals surface area contributed by atoms with Crippen molar-refractivity contribution in [1.29, 1.82) is 0 Å². The van der Waals surface area contributed by atoms with Crippen LogP contribution >= 0.6 is 0 Å². The molecule has 1 atom stereocenters. The van der Waals surface area contributed by atoms with Crippen molar-refractivity contribution in [2.75, 3.05) is 19.6 Å². The van der Waals surface area contributed by atoms with Crippen LogP contribution in [-0.4, -0.2) is 36.1 Å². The fraction of sp³-hybridized carbons (Fsp3) is 0.857. The lowest BCUT2D eigenvalue weighted by atomic mass is 9.95. The van der Waals surface area contributed by atoms with Gasteiger partial charge in [-0.1, -0.05) is 25.0 Å². The normalized spacial score (nSPS) is 25.4. The molecule has 0 aliphatic carbocycles. The van der Waals surface area contributed by atoms with Crippen LogP contribution in [0.25, 0.3) is 0 Å². The molecular formula is C14H28N2. The van der Waals surface area contributed by atoms with Crippen molar-refractivity contribution in [3.05, 3.63) is 11.6 Å². The third-order valence-corrected chi connectivity index (χ3v) is 3.48. The summed E-state index contributed by atoms with van der Waals surface area (Å²) in [4.78, 5) is 2.61. The second-order valence-corrected chi connectivity index (χ2v) is 5.87. The summed E-state index contributed by atoms with van der Waals surface area (Å²) < 4.78 is 0. The van der Waals surface area contributed by atoms with Gasteiger partial charge in [-0.25, -0.2) is 0 Å². The van der Waals surface area contributed by atoms with Crippen LogP contribution in [-0.2, 0) is 0 Å². The molecule has 94 valence electrons. The minimum atomic E-state index is 0.288. The van der Waals surface area contributed by atoms with E-state index in [0.717, 1.165) is 13.1 Å². The summed E-state index contributed by atoms with van der Waals surface area (Å²) in [6.45, 7) is 14.7. The molecule has 0 aromatic carbocycles. The molecule has 0 amide bonds. The Hall–Kier alpha value is -0.340. The van der Waals surface area contributed by atoms with Crippen LogP contribution in [0, 0.1) is 0 Å². The summed E-state index contributed by atoms with van der Waals surface area (Å²) in [5.41, 5.74) is 1.71. The molecule has 1 heterocycles. The molecule has 0 aromatic rings. The van der Waals surface area contributed by atoms with Crippen LogP contribution in [0.1, 0.15) is 47.5 Å². The van der Waals surface area contributed by atoms with Gasteiger partial charge in [-0.15, -0.1) is 0 Å². The second kappa shape index (κ2) is 5.83. The molecule has 2 heteroatoms. The Morgan fingerprint density at radius 3 is 2.69 bits per heavy atom. The van der Waals surface area contributed by atoms with Gasteiger partial charge in [0, 0.05) is 31.2 Å². The van der Waals surface area contributed by atoms with Gasteiger partial charge < -0.3 is 5.32 Å². The zero-order valence-electron chi connectivity index (χ0n) is 11.6. The highest BCUT2D eigenvalue weighted by Crippen LogP contribution is 2.20. The lowest BCUT2D eigenvalue weighted by molar-refractivity contribution is 0.0758. The van der Waals surface area contributed by atoms with E-state index in [1.54, 1.807) is 0 Å². The van der Waals surface area contributed by atoms with E-state index < -0.39 is 0 Å². The smallest absolute Gasteiger partial charge is 0.0281 e. The highest BCUT2D eigenvalue weighted by atomic mass is 15.3. The van der Waals surface area contributed by atoms with Gasteiger partial charge in [0.1, 0.15) is 0 Å². The van der Waals surface area contributed by atoms with Crippen LogP contribution in [0.5, 0.6) is 0 Å². The predicted octanol–water partition coefficient (Wildman–Crippen LogP) is 2.81. The minimum Gasteiger partial charge on any atom is -0.311 e. The molecule has 1 unspecified atom stereocenters. The van der Waals surface area contributed by atoms with Crippen molar-refractivity contribution in [2.45, 2.75) is 59.0 Å². The molecule has 1 fully saturated rings. The average molecular weight is 224 g/mol. The number of allylic oxidation sites excluding steroid dienone is 1. The molecule has 0 spiro atoms. The second-order valence-electron chi connectivity index (χ2n) is 5.87. The molecule has 1 N–H and O–H groups in total. The van der Waals surface area contributed by atoms with Gasteiger partial charge >= 0.3 is 0 Å². The minimum absolute atomic E-state index is 0.288. The van der Waals surface area contributed by atoms with Crippen LogP contribution in [0.2, 0.25) is 0 Å². The van der Waals surface area contributed by atoms with Gasteiger partial charge in [0.25, 0.3) is 0 Å². The maximum atomic E-state index is 3.67. The summed E-state index contributed by atoms with van der Waals surface area (Å²) >= 11 is 0. The first-order chi connectivity index (χ1) is 7.45. The Morgan fingerprint density at radius 2 is 2.12 bits per heavy atom. The van der Waals surface area contributed by atoms with Crippen molar-refractivity contribution < 1.29 is 0 Å². The third-order valence-electron chi connectivity index (χ3n) is 3.48. The van der Waals surface area contributed by atoms with Crippen molar-refractivity contribution >= 4 is 0 Å². The van der Waals surface area contributed by atoms with Crippen molar-refractivity contribution in [3.8, 4) is 0 Å². The van der Waals surface area contributed by atoms with Gasteiger partial charge in [0.05, 0.1) is 0 Å². The fourth-order valence-corrected chi connectivity index (χ4v) is 2.24. The molecule has 1 rings (SSSR count). The molecule has 0 aromatic heterocycles. The van der Waals surface area contributed by atoms with Gasteiger partial charge in [-0.2, -0.15) is 0 Å². The molecule has 0 radical (unpaired) electrons.